The third-order valence-electron chi connectivity index (χ3n) is 7.28. The Bertz CT molecular complexity index is 1640. The molecule has 7 nitrogen and oxygen atoms in total. The van der Waals surface area contributed by atoms with E-state index in [4.69, 9.17) is 11.6 Å². The van der Waals surface area contributed by atoms with Gasteiger partial charge in [0.2, 0.25) is 5.91 Å². The quantitative estimate of drug-likeness (QED) is 0.167. The highest BCUT2D eigenvalue weighted by Crippen LogP contribution is 2.48. The van der Waals surface area contributed by atoms with Crippen molar-refractivity contribution in [1.82, 2.24) is 5.32 Å². The zero-order valence-electron chi connectivity index (χ0n) is 20.7. The molecule has 4 aromatic rings. The summed E-state index contributed by atoms with van der Waals surface area (Å²) >= 11 is 6.26. The molecule has 3 atom stereocenters. The van der Waals surface area contributed by atoms with Crippen molar-refractivity contribution in [3.8, 4) is 16.9 Å². The lowest BCUT2D eigenvalue weighted by Gasteiger charge is -2.50. The molecule has 0 aliphatic carbocycles. The van der Waals surface area contributed by atoms with E-state index in [0.717, 1.165) is 5.56 Å². The normalized spacial score (nSPS) is 19.7. The van der Waals surface area contributed by atoms with Crippen molar-refractivity contribution in [2.24, 2.45) is 5.92 Å². The molecule has 0 saturated carbocycles. The predicted molar refractivity (Wildman–Crippen MR) is 148 cm³/mol. The highest BCUT2D eigenvalue weighted by Gasteiger charge is 2.55. The largest absolute Gasteiger partial charge is 0.507 e. The molecule has 1 heterocycles. The van der Waals surface area contributed by atoms with E-state index in [2.05, 4.69) is 5.32 Å². The number of carbonyl (C=O) groups is 1. The van der Waals surface area contributed by atoms with Crippen molar-refractivity contribution in [3.63, 3.8) is 0 Å². The first kappa shape index (κ1) is 26.9. The smallest absolute Gasteiger partial charge is 0.294 e. The molecule has 1 fully saturated rings. The van der Waals surface area contributed by atoms with Gasteiger partial charge in [0.05, 0.1) is 16.9 Å². The number of hydrogen-bond acceptors (Lipinski definition) is 5. The zero-order valence-corrected chi connectivity index (χ0v) is 22.2. The SMILES string of the molecule is O=C1N[C@@](c2ccccc2)(c2ccc(-c3cccc(S(=O)(=O)O)c3)c(O)c2)[C@H]1CC[C@H](O)c1ccccc1Cl. The van der Waals surface area contributed by atoms with E-state index in [1.807, 2.05) is 30.3 Å². The summed E-state index contributed by atoms with van der Waals surface area (Å²) in [4.78, 5) is 12.7. The summed E-state index contributed by atoms with van der Waals surface area (Å²) in [5.74, 6) is -0.828. The fourth-order valence-corrected chi connectivity index (χ4v) is 6.11. The minimum atomic E-state index is -4.42. The second-order valence-electron chi connectivity index (χ2n) is 9.57. The van der Waals surface area contributed by atoms with Gasteiger partial charge in [-0.3, -0.25) is 9.35 Å². The van der Waals surface area contributed by atoms with E-state index in [1.54, 1.807) is 48.5 Å². The molecule has 9 heteroatoms. The molecule has 0 unspecified atom stereocenters. The van der Waals surface area contributed by atoms with Crippen LogP contribution >= 0.6 is 11.6 Å². The monoisotopic (exact) mass is 563 g/mol. The number of aromatic hydroxyl groups is 1. The van der Waals surface area contributed by atoms with Gasteiger partial charge in [0.15, 0.2) is 0 Å². The van der Waals surface area contributed by atoms with Crippen molar-refractivity contribution in [3.05, 3.63) is 119 Å². The first-order valence-corrected chi connectivity index (χ1v) is 14.1. The highest BCUT2D eigenvalue weighted by atomic mass is 35.5. The van der Waals surface area contributed by atoms with Crippen LogP contribution < -0.4 is 5.32 Å². The molecule has 1 saturated heterocycles. The molecule has 0 spiro atoms. The Balaban J connectivity index is 1.51. The van der Waals surface area contributed by atoms with Crippen molar-refractivity contribution < 1.29 is 28.0 Å². The van der Waals surface area contributed by atoms with Crippen LogP contribution in [0, 0.1) is 5.92 Å². The van der Waals surface area contributed by atoms with E-state index in [9.17, 15) is 28.0 Å². The van der Waals surface area contributed by atoms with E-state index in [0.29, 0.717) is 40.1 Å². The van der Waals surface area contributed by atoms with Crippen LogP contribution in [-0.2, 0) is 20.5 Å². The van der Waals surface area contributed by atoms with Gasteiger partial charge < -0.3 is 15.5 Å². The number of rotatable bonds is 8. The third-order valence-corrected chi connectivity index (χ3v) is 8.47. The maximum Gasteiger partial charge on any atom is 0.294 e. The second kappa shape index (κ2) is 10.5. The van der Waals surface area contributed by atoms with Crippen molar-refractivity contribution in [2.45, 2.75) is 29.4 Å². The van der Waals surface area contributed by atoms with Crippen LogP contribution in [0.15, 0.2) is 102 Å². The molecule has 0 bridgehead atoms. The van der Waals surface area contributed by atoms with Gasteiger partial charge in [-0.05, 0) is 59.4 Å². The lowest BCUT2D eigenvalue weighted by atomic mass is 9.64. The lowest BCUT2D eigenvalue weighted by Crippen LogP contribution is -2.67. The second-order valence-corrected chi connectivity index (χ2v) is 11.4. The Morgan fingerprint density at radius 3 is 2.28 bits per heavy atom. The summed E-state index contributed by atoms with van der Waals surface area (Å²) in [7, 11) is -4.42. The number of nitrogens with one attached hydrogen (secondary N) is 1. The lowest BCUT2D eigenvalue weighted by molar-refractivity contribution is -0.140. The molecule has 0 aromatic heterocycles. The molecular weight excluding hydrogens is 538 g/mol. The maximum absolute atomic E-state index is 13.0. The summed E-state index contributed by atoms with van der Waals surface area (Å²) in [6.07, 6.45) is -0.207. The third kappa shape index (κ3) is 5.04. The summed E-state index contributed by atoms with van der Waals surface area (Å²) < 4.78 is 32.6. The molecule has 1 amide bonds. The van der Waals surface area contributed by atoms with Crippen molar-refractivity contribution >= 4 is 27.6 Å². The Hall–Kier alpha value is -3.69. The van der Waals surface area contributed by atoms with E-state index >= 15 is 0 Å². The van der Waals surface area contributed by atoms with Crippen molar-refractivity contribution in [1.29, 1.82) is 0 Å². The summed E-state index contributed by atoms with van der Waals surface area (Å²) in [6.45, 7) is 0. The van der Waals surface area contributed by atoms with E-state index in [-0.39, 0.29) is 16.6 Å². The summed E-state index contributed by atoms with van der Waals surface area (Å²) in [6, 6.07) is 27.1. The molecule has 1 aliphatic heterocycles. The number of carbonyl (C=O) groups excluding carboxylic acids is 1. The zero-order chi connectivity index (χ0) is 27.8. The average molecular weight is 564 g/mol. The minimum absolute atomic E-state index is 0.119. The van der Waals surface area contributed by atoms with Crippen LogP contribution in [-0.4, -0.2) is 29.1 Å². The van der Waals surface area contributed by atoms with Crippen LogP contribution in [0.4, 0.5) is 0 Å². The molecule has 1 aliphatic rings. The number of halogens is 1. The molecule has 0 radical (unpaired) electrons. The summed E-state index contributed by atoms with van der Waals surface area (Å²) in [5.41, 5.74) is 1.87. The van der Waals surface area contributed by atoms with Gasteiger partial charge in [-0.25, -0.2) is 0 Å². The van der Waals surface area contributed by atoms with Gasteiger partial charge in [-0.15, -0.1) is 0 Å². The van der Waals surface area contributed by atoms with Gasteiger partial charge in [0.1, 0.15) is 11.3 Å². The number of benzene rings is 4. The fraction of sp³-hybridized carbons (Fsp3) is 0.167. The number of aliphatic hydroxyl groups is 1. The number of β-lactam (4-membered cyclic amide) rings is 1. The topological polar surface area (TPSA) is 124 Å². The number of phenolic OH excluding ortho intramolecular Hbond substituents is 1. The van der Waals surface area contributed by atoms with Crippen LogP contribution in [0.3, 0.4) is 0 Å². The standard InChI is InChI=1S/C30H26ClNO6S/c31-26-12-5-4-11-24(26)27(33)16-15-25-29(35)32-30(25,20-8-2-1-3-9-20)21-13-14-23(28(34)18-21)19-7-6-10-22(17-19)39(36,37)38/h1-14,17-18,25,27,33-34H,15-16H2,(H,32,35)(H,36,37,38)/t25-,27-,30-/m0/s1. The molecule has 39 heavy (non-hydrogen) atoms. The van der Waals surface area contributed by atoms with Crippen LogP contribution in [0.5, 0.6) is 5.75 Å². The Kier molecular flexibility index (Phi) is 7.22. The minimum Gasteiger partial charge on any atom is -0.507 e. The van der Waals surface area contributed by atoms with Gasteiger partial charge >= 0.3 is 0 Å². The average Bonchev–Trinajstić information content (AvgIpc) is 2.91. The first-order valence-electron chi connectivity index (χ1n) is 12.3. The number of phenols is 1. The molecule has 4 aromatic carbocycles. The maximum atomic E-state index is 13.0. The Morgan fingerprint density at radius 2 is 1.62 bits per heavy atom. The number of aliphatic hydroxyl groups excluding tert-OH is 1. The molecular formula is C30H26ClNO6S. The van der Waals surface area contributed by atoms with Crippen LogP contribution in [0.1, 0.15) is 35.6 Å². The van der Waals surface area contributed by atoms with E-state index < -0.39 is 27.7 Å². The highest BCUT2D eigenvalue weighted by molar-refractivity contribution is 7.85. The van der Waals surface area contributed by atoms with Crippen molar-refractivity contribution in [2.75, 3.05) is 0 Å². The fourth-order valence-electron chi connectivity index (χ4n) is 5.32. The Morgan fingerprint density at radius 1 is 0.897 bits per heavy atom. The van der Waals surface area contributed by atoms with Gasteiger partial charge in [0.25, 0.3) is 10.1 Å². The summed E-state index contributed by atoms with van der Waals surface area (Å²) in [5, 5.41) is 25.4. The van der Waals surface area contributed by atoms with Crippen LogP contribution in [0.2, 0.25) is 5.02 Å². The molecule has 4 N–H and O–H groups in total. The van der Waals surface area contributed by atoms with Gasteiger partial charge in [0, 0.05) is 10.6 Å². The van der Waals surface area contributed by atoms with Gasteiger partial charge in [-0.1, -0.05) is 84.4 Å². The Labute approximate surface area is 231 Å². The first-order chi connectivity index (χ1) is 18.6. The molecule has 5 rings (SSSR count). The van der Waals surface area contributed by atoms with Gasteiger partial charge in [-0.2, -0.15) is 8.42 Å². The van der Waals surface area contributed by atoms with E-state index in [1.165, 1.54) is 18.2 Å². The number of hydrogen-bond donors (Lipinski definition) is 4. The van der Waals surface area contributed by atoms with Crippen LogP contribution in [0.25, 0.3) is 11.1 Å². The number of amides is 1. The predicted octanol–water partition coefficient (Wildman–Crippen LogP) is 5.46. The molecule has 200 valence electrons.